The molecule has 0 unspecified atom stereocenters. The van der Waals surface area contributed by atoms with Gasteiger partial charge in [-0.1, -0.05) is 0 Å². The quantitative estimate of drug-likeness (QED) is 0.791. The summed E-state index contributed by atoms with van der Waals surface area (Å²) in [7, 11) is 0. The molecule has 0 aromatic carbocycles. The molecule has 15 heavy (non-hydrogen) atoms. The van der Waals surface area contributed by atoms with Crippen LogP contribution < -0.4 is 5.73 Å². The lowest BCUT2D eigenvalue weighted by Gasteiger charge is -2.10. The van der Waals surface area contributed by atoms with Crippen LogP contribution in [-0.2, 0) is 13.0 Å². The van der Waals surface area contributed by atoms with Crippen molar-refractivity contribution < 1.29 is 13.9 Å². The molecule has 0 saturated heterocycles. The summed E-state index contributed by atoms with van der Waals surface area (Å²) in [6, 6.07) is 1.73. The standard InChI is InChI=1S/C9H9F2N3O/c10-9(11)7-5(3-13)4-14-6(1-2-12)8(7)15/h4,9,15H,1,3,13H2. The van der Waals surface area contributed by atoms with Crippen LogP contribution in [0, 0.1) is 11.3 Å². The zero-order valence-corrected chi connectivity index (χ0v) is 7.74. The van der Waals surface area contributed by atoms with Gasteiger partial charge < -0.3 is 10.8 Å². The van der Waals surface area contributed by atoms with Crippen LogP contribution >= 0.6 is 0 Å². The molecule has 0 aliphatic rings. The molecule has 0 bridgehead atoms. The molecule has 80 valence electrons. The Kier molecular flexibility index (Phi) is 3.52. The molecule has 0 fully saturated rings. The summed E-state index contributed by atoms with van der Waals surface area (Å²) in [4.78, 5) is 3.70. The lowest BCUT2D eigenvalue weighted by atomic mass is 10.1. The van der Waals surface area contributed by atoms with Crippen molar-refractivity contribution in [1.82, 2.24) is 4.98 Å². The number of hydrogen-bond donors (Lipinski definition) is 2. The maximum Gasteiger partial charge on any atom is 0.267 e. The number of aromatic nitrogens is 1. The van der Waals surface area contributed by atoms with Crippen LogP contribution in [0.15, 0.2) is 6.20 Å². The first kappa shape index (κ1) is 11.3. The summed E-state index contributed by atoms with van der Waals surface area (Å²) in [5, 5.41) is 17.8. The average Bonchev–Trinajstić information content (AvgIpc) is 2.20. The van der Waals surface area contributed by atoms with Gasteiger partial charge in [-0.15, -0.1) is 0 Å². The van der Waals surface area contributed by atoms with E-state index in [2.05, 4.69) is 4.98 Å². The van der Waals surface area contributed by atoms with Gasteiger partial charge in [0.2, 0.25) is 0 Å². The predicted octanol–water partition coefficient (Wildman–Crippen LogP) is 1.25. The van der Waals surface area contributed by atoms with Gasteiger partial charge in [-0.2, -0.15) is 5.26 Å². The number of alkyl halides is 2. The van der Waals surface area contributed by atoms with Gasteiger partial charge >= 0.3 is 0 Å². The molecule has 0 spiro atoms. The maximum atomic E-state index is 12.6. The Hall–Kier alpha value is -1.74. The topological polar surface area (TPSA) is 82.9 Å². The minimum Gasteiger partial charge on any atom is -0.505 e. The summed E-state index contributed by atoms with van der Waals surface area (Å²) in [6.07, 6.45) is -1.88. The van der Waals surface area contributed by atoms with Crippen LogP contribution in [0.1, 0.15) is 23.2 Å². The van der Waals surface area contributed by atoms with Crippen molar-refractivity contribution >= 4 is 0 Å². The van der Waals surface area contributed by atoms with Gasteiger partial charge in [-0.25, -0.2) is 8.78 Å². The number of rotatable bonds is 3. The van der Waals surface area contributed by atoms with Crippen LogP contribution in [-0.4, -0.2) is 10.1 Å². The highest BCUT2D eigenvalue weighted by atomic mass is 19.3. The van der Waals surface area contributed by atoms with E-state index in [9.17, 15) is 13.9 Å². The van der Waals surface area contributed by atoms with E-state index in [-0.39, 0.29) is 24.2 Å². The van der Waals surface area contributed by atoms with Crippen LogP contribution in [0.25, 0.3) is 0 Å². The molecule has 6 heteroatoms. The molecule has 4 nitrogen and oxygen atoms in total. The van der Waals surface area contributed by atoms with Crippen LogP contribution in [0.2, 0.25) is 0 Å². The van der Waals surface area contributed by atoms with E-state index in [4.69, 9.17) is 11.0 Å². The Morgan fingerprint density at radius 3 is 2.73 bits per heavy atom. The zero-order chi connectivity index (χ0) is 11.4. The van der Waals surface area contributed by atoms with Gasteiger partial charge in [0, 0.05) is 12.7 Å². The van der Waals surface area contributed by atoms with Crippen molar-refractivity contribution in [3.8, 4) is 11.8 Å². The molecule has 0 atom stereocenters. The van der Waals surface area contributed by atoms with Crippen molar-refractivity contribution in [2.75, 3.05) is 0 Å². The number of nitrogens with two attached hydrogens (primary N) is 1. The first-order valence-electron chi connectivity index (χ1n) is 4.16. The van der Waals surface area contributed by atoms with Gasteiger partial charge in [0.1, 0.15) is 5.75 Å². The van der Waals surface area contributed by atoms with Gasteiger partial charge in [0.15, 0.2) is 0 Å². The third-order valence-corrected chi connectivity index (χ3v) is 1.94. The normalized spacial score (nSPS) is 10.3. The molecule has 0 saturated carbocycles. The monoisotopic (exact) mass is 213 g/mol. The predicted molar refractivity (Wildman–Crippen MR) is 48.1 cm³/mol. The molecule has 1 aromatic heterocycles. The molecule has 0 radical (unpaired) electrons. The number of nitriles is 1. The van der Waals surface area contributed by atoms with E-state index >= 15 is 0 Å². The van der Waals surface area contributed by atoms with Gasteiger partial charge in [-0.05, 0) is 5.56 Å². The number of halogens is 2. The van der Waals surface area contributed by atoms with E-state index in [0.29, 0.717) is 0 Å². The second-order valence-corrected chi connectivity index (χ2v) is 2.83. The van der Waals surface area contributed by atoms with Crippen LogP contribution in [0.3, 0.4) is 0 Å². The van der Waals surface area contributed by atoms with Crippen LogP contribution in [0.5, 0.6) is 5.75 Å². The van der Waals surface area contributed by atoms with Crippen molar-refractivity contribution in [3.05, 3.63) is 23.0 Å². The Labute approximate surface area is 85.0 Å². The Balaban J connectivity index is 3.30. The number of pyridine rings is 1. The Morgan fingerprint density at radius 1 is 1.60 bits per heavy atom. The molecular formula is C9H9F2N3O. The van der Waals surface area contributed by atoms with Crippen molar-refractivity contribution in [1.29, 1.82) is 5.26 Å². The fraction of sp³-hybridized carbons (Fsp3) is 0.333. The van der Waals surface area contributed by atoms with E-state index in [1.807, 2.05) is 0 Å². The Bertz CT molecular complexity index is 401. The van der Waals surface area contributed by atoms with Gasteiger partial charge in [0.05, 0.1) is 23.7 Å². The summed E-state index contributed by atoms with van der Waals surface area (Å²) < 4.78 is 25.1. The highest BCUT2D eigenvalue weighted by Crippen LogP contribution is 2.33. The highest BCUT2D eigenvalue weighted by Gasteiger charge is 2.20. The van der Waals surface area contributed by atoms with E-state index in [0.717, 1.165) is 6.20 Å². The average molecular weight is 213 g/mol. The van der Waals surface area contributed by atoms with E-state index in [1.54, 1.807) is 6.07 Å². The molecule has 1 aromatic rings. The molecule has 1 heterocycles. The van der Waals surface area contributed by atoms with Crippen LogP contribution in [0.4, 0.5) is 8.78 Å². The summed E-state index contributed by atoms with van der Waals surface area (Å²) >= 11 is 0. The van der Waals surface area contributed by atoms with Gasteiger partial charge in [0.25, 0.3) is 6.43 Å². The number of aromatic hydroxyl groups is 1. The lowest BCUT2D eigenvalue weighted by Crippen LogP contribution is -2.05. The summed E-state index contributed by atoms with van der Waals surface area (Å²) in [6.45, 7) is -0.132. The molecular weight excluding hydrogens is 204 g/mol. The molecule has 0 amide bonds. The number of hydrogen-bond acceptors (Lipinski definition) is 4. The Morgan fingerprint density at radius 2 is 2.27 bits per heavy atom. The second kappa shape index (κ2) is 4.66. The molecule has 1 rings (SSSR count). The zero-order valence-electron chi connectivity index (χ0n) is 7.74. The third kappa shape index (κ3) is 2.19. The van der Waals surface area contributed by atoms with E-state index in [1.165, 1.54) is 0 Å². The van der Waals surface area contributed by atoms with Crippen molar-refractivity contribution in [3.63, 3.8) is 0 Å². The van der Waals surface area contributed by atoms with Crippen molar-refractivity contribution in [2.45, 2.75) is 19.4 Å². The smallest absolute Gasteiger partial charge is 0.267 e. The summed E-state index contributed by atoms with van der Waals surface area (Å²) in [5.74, 6) is -0.630. The lowest BCUT2D eigenvalue weighted by molar-refractivity contribution is 0.146. The minimum atomic E-state index is -2.83. The second-order valence-electron chi connectivity index (χ2n) is 2.83. The minimum absolute atomic E-state index is 0.0509. The molecule has 3 N–H and O–H groups in total. The fourth-order valence-corrected chi connectivity index (χ4v) is 1.20. The molecule has 0 aliphatic carbocycles. The maximum absolute atomic E-state index is 12.6. The third-order valence-electron chi connectivity index (χ3n) is 1.94. The van der Waals surface area contributed by atoms with E-state index < -0.39 is 17.7 Å². The van der Waals surface area contributed by atoms with Crippen molar-refractivity contribution in [2.24, 2.45) is 5.73 Å². The molecule has 0 aliphatic heterocycles. The number of nitrogens with zero attached hydrogens (tertiary/aromatic N) is 2. The first-order valence-corrected chi connectivity index (χ1v) is 4.16. The van der Waals surface area contributed by atoms with Gasteiger partial charge in [-0.3, -0.25) is 4.98 Å². The highest BCUT2D eigenvalue weighted by molar-refractivity contribution is 5.43. The first-order chi connectivity index (χ1) is 7.11. The SMILES string of the molecule is N#CCc1ncc(CN)c(C(F)F)c1O. The fourth-order valence-electron chi connectivity index (χ4n) is 1.20. The largest absolute Gasteiger partial charge is 0.505 e. The summed E-state index contributed by atoms with van der Waals surface area (Å²) in [5.41, 5.74) is 4.74.